The maximum absolute atomic E-state index is 12.4. The summed E-state index contributed by atoms with van der Waals surface area (Å²) in [6.07, 6.45) is 3.49. The Morgan fingerprint density at radius 1 is 0.900 bits per heavy atom. The zero-order valence-electron chi connectivity index (χ0n) is 23.3. The second kappa shape index (κ2) is 11.7. The number of ether oxygens (including phenoxy) is 1. The molecule has 4 aromatic rings. The number of carbonyl (C=O) groups excluding carboxylic acids is 1. The van der Waals surface area contributed by atoms with E-state index < -0.39 is 0 Å². The van der Waals surface area contributed by atoms with Gasteiger partial charge in [0.1, 0.15) is 5.75 Å². The Morgan fingerprint density at radius 2 is 1.62 bits per heavy atom. The number of benzene rings is 3. The number of amides is 1. The number of piperazine rings is 2. The summed E-state index contributed by atoms with van der Waals surface area (Å²) in [7, 11) is 1.74. The van der Waals surface area contributed by atoms with Gasteiger partial charge in [-0.05, 0) is 34.9 Å². The van der Waals surface area contributed by atoms with E-state index in [1.807, 2.05) is 11.0 Å². The van der Waals surface area contributed by atoms with Crippen LogP contribution in [0.5, 0.6) is 5.75 Å². The number of methoxy groups -OCH3 is 1. The number of furan rings is 1. The number of fused-ring (bicyclic) bond motifs is 1. The zero-order chi connectivity index (χ0) is 27.5. The summed E-state index contributed by atoms with van der Waals surface area (Å²) in [5.41, 5.74) is 5.99. The molecule has 0 aliphatic carbocycles. The average molecular weight is 536 g/mol. The maximum Gasteiger partial charge on any atom is 0.219 e. The summed E-state index contributed by atoms with van der Waals surface area (Å²) < 4.78 is 11.2. The van der Waals surface area contributed by atoms with Crippen LogP contribution >= 0.6 is 0 Å². The molecule has 0 unspecified atom stereocenters. The van der Waals surface area contributed by atoms with E-state index in [4.69, 9.17) is 9.15 Å². The molecule has 0 bridgehead atoms. The van der Waals surface area contributed by atoms with E-state index in [2.05, 4.69) is 88.7 Å². The summed E-state index contributed by atoms with van der Waals surface area (Å²) in [5.74, 6) is 1.27. The fourth-order valence-corrected chi connectivity index (χ4v) is 6.63. The quantitative estimate of drug-likeness (QED) is 0.313. The molecular weight excluding hydrogens is 498 g/mol. The molecule has 0 saturated carbocycles. The molecule has 0 radical (unpaired) electrons. The first-order valence-electron chi connectivity index (χ1n) is 14.1. The van der Waals surface area contributed by atoms with Crippen LogP contribution in [0.2, 0.25) is 0 Å². The monoisotopic (exact) mass is 535 g/mol. The van der Waals surface area contributed by atoms with Crippen LogP contribution in [0.1, 0.15) is 29.5 Å². The highest BCUT2D eigenvalue weighted by molar-refractivity contribution is 5.73. The molecule has 3 aromatic carbocycles. The standard InChI is InChI=1S/C34H37N3O3/c1-25(38)36-16-17-37-31(22-36)21-35(20-30-19-28(13-14-33(30)39-2)29-15-18-40-24-29)23-32(37)34(26-9-5-3-6-10-26)27-11-7-4-8-12-27/h3-15,18-19,24,31-32,34H,16-17,20-23H2,1-2H3/t31-,32+/m1/s1. The van der Waals surface area contributed by atoms with Gasteiger partial charge in [0.15, 0.2) is 0 Å². The molecule has 2 fully saturated rings. The minimum Gasteiger partial charge on any atom is -0.496 e. The Balaban J connectivity index is 1.37. The van der Waals surface area contributed by atoms with Crippen LogP contribution < -0.4 is 4.74 Å². The van der Waals surface area contributed by atoms with Crippen molar-refractivity contribution in [2.24, 2.45) is 0 Å². The molecule has 6 rings (SSSR count). The highest BCUT2D eigenvalue weighted by Crippen LogP contribution is 2.37. The normalized spacial score (nSPS) is 19.9. The molecule has 0 spiro atoms. The van der Waals surface area contributed by atoms with Crippen LogP contribution in [0.4, 0.5) is 0 Å². The second-order valence-corrected chi connectivity index (χ2v) is 11.0. The van der Waals surface area contributed by atoms with E-state index in [9.17, 15) is 4.79 Å². The third-order valence-electron chi connectivity index (χ3n) is 8.54. The predicted octanol–water partition coefficient (Wildman–Crippen LogP) is 5.50. The number of hydrogen-bond donors (Lipinski definition) is 0. The van der Waals surface area contributed by atoms with Crippen molar-refractivity contribution < 1.29 is 13.9 Å². The highest BCUT2D eigenvalue weighted by atomic mass is 16.5. The van der Waals surface area contributed by atoms with Crippen LogP contribution in [0, 0.1) is 0 Å². The van der Waals surface area contributed by atoms with Crippen molar-refractivity contribution >= 4 is 5.91 Å². The summed E-state index contributed by atoms with van der Waals surface area (Å²) in [4.78, 5) is 19.7. The van der Waals surface area contributed by atoms with Crippen molar-refractivity contribution in [1.29, 1.82) is 0 Å². The van der Waals surface area contributed by atoms with Crippen LogP contribution in [0.15, 0.2) is 102 Å². The van der Waals surface area contributed by atoms with Crippen LogP contribution in [0.25, 0.3) is 11.1 Å². The lowest BCUT2D eigenvalue weighted by molar-refractivity contribution is -0.134. The lowest BCUT2D eigenvalue weighted by Crippen LogP contribution is -2.67. The van der Waals surface area contributed by atoms with Gasteiger partial charge in [-0.1, -0.05) is 66.7 Å². The van der Waals surface area contributed by atoms with Crippen molar-refractivity contribution in [1.82, 2.24) is 14.7 Å². The van der Waals surface area contributed by atoms with Gasteiger partial charge in [0.2, 0.25) is 5.91 Å². The molecular formula is C34H37N3O3. The molecule has 3 heterocycles. The molecule has 2 atom stereocenters. The molecule has 40 heavy (non-hydrogen) atoms. The Kier molecular flexibility index (Phi) is 7.71. The third kappa shape index (κ3) is 5.42. The lowest BCUT2D eigenvalue weighted by Gasteiger charge is -2.53. The topological polar surface area (TPSA) is 49.2 Å². The lowest BCUT2D eigenvalue weighted by atomic mass is 9.81. The fourth-order valence-electron chi connectivity index (χ4n) is 6.63. The van der Waals surface area contributed by atoms with Crippen LogP contribution in [-0.2, 0) is 11.3 Å². The zero-order valence-corrected chi connectivity index (χ0v) is 23.3. The molecule has 0 N–H and O–H groups in total. The first-order valence-corrected chi connectivity index (χ1v) is 14.1. The van der Waals surface area contributed by atoms with Crippen molar-refractivity contribution in [2.45, 2.75) is 31.5 Å². The van der Waals surface area contributed by atoms with E-state index >= 15 is 0 Å². The third-order valence-corrected chi connectivity index (χ3v) is 8.54. The van der Waals surface area contributed by atoms with Gasteiger partial charge in [-0.2, -0.15) is 0 Å². The van der Waals surface area contributed by atoms with Gasteiger partial charge in [0.05, 0.1) is 19.6 Å². The molecule has 6 heteroatoms. The van der Waals surface area contributed by atoms with Gasteiger partial charge in [0.25, 0.3) is 0 Å². The van der Waals surface area contributed by atoms with Crippen LogP contribution in [-0.4, -0.2) is 72.5 Å². The van der Waals surface area contributed by atoms with Gasteiger partial charge >= 0.3 is 0 Å². The Bertz CT molecular complexity index is 1370. The van der Waals surface area contributed by atoms with E-state index in [0.717, 1.165) is 61.7 Å². The van der Waals surface area contributed by atoms with Crippen molar-refractivity contribution in [3.05, 3.63) is 114 Å². The minimum absolute atomic E-state index is 0.158. The summed E-state index contributed by atoms with van der Waals surface area (Å²) in [6.45, 7) is 6.70. The maximum atomic E-state index is 12.4. The summed E-state index contributed by atoms with van der Waals surface area (Å²) in [6, 6.07) is 30.7. The van der Waals surface area contributed by atoms with E-state index in [0.29, 0.717) is 0 Å². The average Bonchev–Trinajstić information content (AvgIpc) is 3.53. The van der Waals surface area contributed by atoms with E-state index in [1.54, 1.807) is 26.6 Å². The molecule has 2 aliphatic heterocycles. The number of nitrogens with zero attached hydrogens (tertiary/aromatic N) is 3. The molecule has 2 aliphatic rings. The first kappa shape index (κ1) is 26.4. The largest absolute Gasteiger partial charge is 0.496 e. The number of carbonyl (C=O) groups is 1. The Morgan fingerprint density at radius 3 is 2.25 bits per heavy atom. The van der Waals surface area contributed by atoms with Gasteiger partial charge in [0, 0.05) is 75.3 Å². The highest BCUT2D eigenvalue weighted by Gasteiger charge is 2.42. The van der Waals surface area contributed by atoms with Crippen molar-refractivity contribution in [3.63, 3.8) is 0 Å². The van der Waals surface area contributed by atoms with Gasteiger partial charge in [-0.3, -0.25) is 14.6 Å². The summed E-state index contributed by atoms with van der Waals surface area (Å²) >= 11 is 0. The van der Waals surface area contributed by atoms with E-state index in [-0.39, 0.29) is 23.9 Å². The van der Waals surface area contributed by atoms with Crippen LogP contribution in [0.3, 0.4) is 0 Å². The first-order chi connectivity index (χ1) is 19.6. The fraction of sp³-hybridized carbons (Fsp3) is 0.324. The van der Waals surface area contributed by atoms with Gasteiger partial charge in [-0.25, -0.2) is 0 Å². The molecule has 1 aromatic heterocycles. The summed E-state index contributed by atoms with van der Waals surface area (Å²) in [5, 5.41) is 0. The predicted molar refractivity (Wildman–Crippen MR) is 157 cm³/mol. The minimum atomic E-state index is 0.158. The van der Waals surface area contributed by atoms with Gasteiger partial charge < -0.3 is 14.1 Å². The SMILES string of the molecule is COc1ccc(-c2ccoc2)cc1CN1C[C@@H]2CN(C(C)=O)CCN2[C@H](C(c2ccccc2)c2ccccc2)C1. The molecule has 1 amide bonds. The number of rotatable bonds is 7. The Labute approximate surface area is 236 Å². The molecule has 2 saturated heterocycles. The van der Waals surface area contributed by atoms with Gasteiger partial charge in [-0.15, -0.1) is 0 Å². The second-order valence-electron chi connectivity index (χ2n) is 11.0. The van der Waals surface area contributed by atoms with E-state index in [1.165, 1.54) is 11.1 Å². The smallest absolute Gasteiger partial charge is 0.219 e. The number of hydrogen-bond acceptors (Lipinski definition) is 5. The van der Waals surface area contributed by atoms with Crippen molar-refractivity contribution in [2.75, 3.05) is 39.8 Å². The molecule has 206 valence electrons. The molecule has 6 nitrogen and oxygen atoms in total. The Hall–Kier alpha value is -3.87. The van der Waals surface area contributed by atoms with Crippen molar-refractivity contribution in [3.8, 4) is 16.9 Å².